The van der Waals surface area contributed by atoms with E-state index in [0.29, 0.717) is 24.1 Å². The van der Waals surface area contributed by atoms with E-state index in [1.807, 2.05) is 0 Å². The molecule has 20 heavy (non-hydrogen) atoms. The number of hydrogen-bond donors (Lipinski definition) is 1. The topological polar surface area (TPSA) is 21.3 Å². The molecule has 2 nitrogen and oxygen atoms in total. The van der Waals surface area contributed by atoms with Crippen molar-refractivity contribution >= 4 is 0 Å². The maximum Gasteiger partial charge on any atom is 0.0612 e. The number of rotatable bonds is 5. The fourth-order valence-electron chi connectivity index (χ4n) is 3.29. The Bertz CT molecular complexity index is 413. The second-order valence-corrected chi connectivity index (χ2v) is 6.77. The Morgan fingerprint density at radius 2 is 1.85 bits per heavy atom. The van der Waals surface area contributed by atoms with Crippen LogP contribution in [0.1, 0.15) is 51.1 Å². The van der Waals surface area contributed by atoms with Crippen molar-refractivity contribution < 1.29 is 4.74 Å². The van der Waals surface area contributed by atoms with Crippen molar-refractivity contribution in [2.24, 2.45) is 11.8 Å². The lowest BCUT2D eigenvalue weighted by molar-refractivity contribution is -0.0263. The fraction of sp³-hybridized carbons (Fsp3) is 0.667. The van der Waals surface area contributed by atoms with E-state index in [1.54, 1.807) is 0 Å². The van der Waals surface area contributed by atoms with Gasteiger partial charge in [0.15, 0.2) is 0 Å². The summed E-state index contributed by atoms with van der Waals surface area (Å²) in [5.74, 6) is 1.47. The minimum atomic E-state index is 0.428. The molecule has 2 aliphatic rings. The molecule has 1 aromatic rings. The van der Waals surface area contributed by atoms with E-state index in [-0.39, 0.29) is 0 Å². The van der Waals surface area contributed by atoms with Gasteiger partial charge in [0.2, 0.25) is 0 Å². The predicted molar refractivity (Wildman–Crippen MR) is 82.6 cm³/mol. The van der Waals surface area contributed by atoms with Crippen LogP contribution in [-0.2, 0) is 4.74 Å². The molecule has 2 heteroatoms. The number of benzene rings is 1. The van der Waals surface area contributed by atoms with Gasteiger partial charge in [-0.3, -0.25) is 0 Å². The molecule has 1 N–H and O–H groups in total. The summed E-state index contributed by atoms with van der Waals surface area (Å²) >= 11 is 0. The summed E-state index contributed by atoms with van der Waals surface area (Å²) in [5.41, 5.74) is 1.46. The second-order valence-electron chi connectivity index (χ2n) is 6.77. The highest BCUT2D eigenvalue weighted by molar-refractivity contribution is 5.21. The summed E-state index contributed by atoms with van der Waals surface area (Å²) in [5, 5.41) is 3.94. The maximum atomic E-state index is 5.89. The molecule has 2 fully saturated rings. The third kappa shape index (κ3) is 3.42. The first-order valence-corrected chi connectivity index (χ1v) is 8.16. The van der Waals surface area contributed by atoms with Crippen LogP contribution in [-0.4, -0.2) is 18.8 Å². The van der Waals surface area contributed by atoms with Crippen LogP contribution < -0.4 is 5.32 Å². The van der Waals surface area contributed by atoms with Gasteiger partial charge in [-0.2, -0.15) is 0 Å². The summed E-state index contributed by atoms with van der Waals surface area (Å²) in [6.07, 6.45) is 5.50. The van der Waals surface area contributed by atoms with Crippen molar-refractivity contribution in [2.75, 3.05) is 6.61 Å². The van der Waals surface area contributed by atoms with Crippen LogP contribution in [0, 0.1) is 11.8 Å². The zero-order chi connectivity index (χ0) is 13.9. The van der Waals surface area contributed by atoms with Gasteiger partial charge in [0.1, 0.15) is 0 Å². The Hall–Kier alpha value is -0.860. The molecule has 1 aliphatic carbocycles. The quantitative estimate of drug-likeness (QED) is 0.877. The van der Waals surface area contributed by atoms with Crippen molar-refractivity contribution in [1.29, 1.82) is 0 Å². The summed E-state index contributed by atoms with van der Waals surface area (Å²) in [4.78, 5) is 0. The lowest BCUT2D eigenvalue weighted by Gasteiger charge is -2.35. The molecule has 1 saturated carbocycles. The molecule has 1 heterocycles. The molecule has 3 rings (SSSR count). The van der Waals surface area contributed by atoms with Crippen molar-refractivity contribution in [3.8, 4) is 0 Å². The molecular formula is C18H27NO. The lowest BCUT2D eigenvalue weighted by atomic mass is 9.93. The van der Waals surface area contributed by atoms with Gasteiger partial charge in [-0.25, -0.2) is 0 Å². The predicted octanol–water partition coefficient (Wildman–Crippen LogP) is 3.93. The molecule has 0 bridgehead atoms. The van der Waals surface area contributed by atoms with Crippen LogP contribution in [0.5, 0.6) is 0 Å². The summed E-state index contributed by atoms with van der Waals surface area (Å²) in [6, 6.07) is 12.1. The fourth-order valence-corrected chi connectivity index (χ4v) is 3.29. The number of nitrogens with one attached hydrogen (secondary N) is 1. The van der Waals surface area contributed by atoms with E-state index < -0.39 is 0 Å². The van der Waals surface area contributed by atoms with Gasteiger partial charge in [0.25, 0.3) is 0 Å². The Labute approximate surface area is 122 Å². The smallest absolute Gasteiger partial charge is 0.0612 e. The van der Waals surface area contributed by atoms with E-state index >= 15 is 0 Å². The first-order chi connectivity index (χ1) is 9.74. The van der Waals surface area contributed by atoms with Gasteiger partial charge in [-0.1, -0.05) is 44.2 Å². The zero-order valence-corrected chi connectivity index (χ0v) is 12.7. The highest BCUT2D eigenvalue weighted by atomic mass is 16.5. The Kier molecular flexibility index (Phi) is 4.42. The third-order valence-electron chi connectivity index (χ3n) is 4.73. The summed E-state index contributed by atoms with van der Waals surface area (Å²) < 4.78 is 5.89. The molecular weight excluding hydrogens is 246 g/mol. The van der Waals surface area contributed by atoms with Gasteiger partial charge >= 0.3 is 0 Å². The van der Waals surface area contributed by atoms with Gasteiger partial charge in [0, 0.05) is 18.7 Å². The lowest BCUT2D eigenvalue weighted by Crippen LogP contribution is -2.42. The normalized spacial score (nSPS) is 28.6. The van der Waals surface area contributed by atoms with E-state index in [4.69, 9.17) is 4.74 Å². The maximum absolute atomic E-state index is 5.89. The van der Waals surface area contributed by atoms with Gasteiger partial charge in [0.05, 0.1) is 6.10 Å². The highest BCUT2D eigenvalue weighted by Gasteiger charge is 2.35. The SMILES string of the molecule is CC(C)C1CC(NC(c2ccccc2)C2CC2)CCO1. The second kappa shape index (κ2) is 6.28. The van der Waals surface area contributed by atoms with Crippen LogP contribution >= 0.6 is 0 Å². The Morgan fingerprint density at radius 3 is 2.50 bits per heavy atom. The molecule has 1 aromatic carbocycles. The number of hydrogen-bond acceptors (Lipinski definition) is 2. The molecule has 0 spiro atoms. The van der Waals surface area contributed by atoms with Gasteiger partial charge in [-0.15, -0.1) is 0 Å². The third-order valence-corrected chi connectivity index (χ3v) is 4.73. The molecule has 0 radical (unpaired) electrons. The first-order valence-electron chi connectivity index (χ1n) is 8.16. The minimum Gasteiger partial charge on any atom is -0.378 e. The van der Waals surface area contributed by atoms with E-state index in [2.05, 4.69) is 49.5 Å². The standard InChI is InChI=1S/C18H27NO/c1-13(2)17-12-16(10-11-20-17)19-18(15-8-9-15)14-6-4-3-5-7-14/h3-7,13,15-19H,8-12H2,1-2H3. The first kappa shape index (κ1) is 14.1. The van der Waals surface area contributed by atoms with Crippen molar-refractivity contribution in [3.63, 3.8) is 0 Å². The average molecular weight is 273 g/mol. The minimum absolute atomic E-state index is 0.428. The largest absolute Gasteiger partial charge is 0.378 e. The zero-order valence-electron chi connectivity index (χ0n) is 12.7. The van der Waals surface area contributed by atoms with Crippen LogP contribution in [0.2, 0.25) is 0 Å². The molecule has 3 atom stereocenters. The molecule has 3 unspecified atom stereocenters. The van der Waals surface area contributed by atoms with Crippen LogP contribution in [0.4, 0.5) is 0 Å². The van der Waals surface area contributed by atoms with Crippen molar-refractivity contribution in [3.05, 3.63) is 35.9 Å². The highest BCUT2D eigenvalue weighted by Crippen LogP contribution is 2.41. The van der Waals surface area contributed by atoms with E-state index in [0.717, 1.165) is 25.4 Å². The average Bonchev–Trinajstić information content (AvgIpc) is 3.30. The molecule has 1 saturated heterocycles. The van der Waals surface area contributed by atoms with E-state index in [9.17, 15) is 0 Å². The molecule has 1 aliphatic heterocycles. The molecule has 110 valence electrons. The van der Waals surface area contributed by atoms with Gasteiger partial charge in [-0.05, 0) is 43.1 Å². The van der Waals surface area contributed by atoms with E-state index in [1.165, 1.54) is 18.4 Å². The van der Waals surface area contributed by atoms with Crippen LogP contribution in [0.3, 0.4) is 0 Å². The van der Waals surface area contributed by atoms with Crippen LogP contribution in [0.25, 0.3) is 0 Å². The monoisotopic (exact) mass is 273 g/mol. The number of ether oxygens (including phenoxy) is 1. The molecule has 0 aromatic heterocycles. The van der Waals surface area contributed by atoms with Gasteiger partial charge < -0.3 is 10.1 Å². The Morgan fingerprint density at radius 1 is 1.10 bits per heavy atom. The van der Waals surface area contributed by atoms with Crippen molar-refractivity contribution in [2.45, 2.75) is 57.7 Å². The Balaban J connectivity index is 1.65. The van der Waals surface area contributed by atoms with Crippen LogP contribution in [0.15, 0.2) is 30.3 Å². The summed E-state index contributed by atoms with van der Waals surface area (Å²) in [6.45, 7) is 5.44. The summed E-state index contributed by atoms with van der Waals surface area (Å²) in [7, 11) is 0. The molecule has 0 amide bonds. The van der Waals surface area contributed by atoms with Crippen molar-refractivity contribution in [1.82, 2.24) is 5.32 Å².